The van der Waals surface area contributed by atoms with E-state index >= 15 is 0 Å². The lowest BCUT2D eigenvalue weighted by Gasteiger charge is -2.26. The van der Waals surface area contributed by atoms with Crippen molar-refractivity contribution in [1.82, 2.24) is 0 Å². The summed E-state index contributed by atoms with van der Waals surface area (Å²) in [7, 11) is 5.91. The Bertz CT molecular complexity index is 876. The summed E-state index contributed by atoms with van der Waals surface area (Å²) in [5.74, 6) is -2.27. The number of likely N-dealkylation sites (N-methyl/N-ethyl adjacent to an activating group) is 1. The van der Waals surface area contributed by atoms with E-state index in [0.717, 1.165) is 38.5 Å². The van der Waals surface area contributed by atoms with Gasteiger partial charge in [0.1, 0.15) is 13.2 Å². The lowest BCUT2D eigenvalue weighted by atomic mass is 10.0. The Morgan fingerprint density at radius 1 is 0.473 bits per heavy atom. The van der Waals surface area contributed by atoms with Crippen molar-refractivity contribution in [3.8, 4) is 0 Å². The second kappa shape index (κ2) is 39.1. The first kappa shape index (κ1) is 53.3. The van der Waals surface area contributed by atoms with Crippen LogP contribution in [0.2, 0.25) is 0 Å². The highest BCUT2D eigenvalue weighted by Crippen LogP contribution is 2.16. The van der Waals surface area contributed by atoms with Gasteiger partial charge >= 0.3 is 11.9 Å². The van der Waals surface area contributed by atoms with E-state index in [0.29, 0.717) is 17.4 Å². The van der Waals surface area contributed by atoms with E-state index in [9.17, 15) is 19.5 Å². The highest BCUT2D eigenvalue weighted by Gasteiger charge is 2.21. The lowest BCUT2D eigenvalue weighted by Crippen LogP contribution is -2.44. The van der Waals surface area contributed by atoms with Gasteiger partial charge in [-0.25, -0.2) is 0 Å². The molecule has 0 fully saturated rings. The van der Waals surface area contributed by atoms with Crippen LogP contribution in [-0.2, 0) is 33.3 Å². The summed E-state index contributed by atoms with van der Waals surface area (Å²) >= 11 is 0. The summed E-state index contributed by atoms with van der Waals surface area (Å²) in [5, 5.41) is 11.6. The highest BCUT2D eigenvalue weighted by molar-refractivity contribution is 5.70. The number of nitrogens with zero attached hydrogens (tertiary/aromatic N) is 1. The van der Waals surface area contributed by atoms with E-state index in [2.05, 4.69) is 13.8 Å². The summed E-state index contributed by atoms with van der Waals surface area (Å²) in [5.41, 5.74) is 0. The number of unbranched alkanes of at least 4 members (excludes halogenated alkanes) is 28. The van der Waals surface area contributed by atoms with Crippen molar-refractivity contribution >= 4 is 17.9 Å². The number of carbonyl (C=O) groups is 3. The third kappa shape index (κ3) is 40.3. The number of carboxylic acids is 1. The predicted octanol–water partition coefficient (Wildman–Crippen LogP) is 10.8. The van der Waals surface area contributed by atoms with Gasteiger partial charge in [0.25, 0.3) is 0 Å². The zero-order chi connectivity index (χ0) is 40.7. The Morgan fingerprint density at radius 3 is 1.16 bits per heavy atom. The summed E-state index contributed by atoms with van der Waals surface area (Å²) < 4.78 is 22.5. The summed E-state index contributed by atoms with van der Waals surface area (Å²) in [6.45, 7) is 4.72. The normalized spacial score (nSPS) is 12.8. The van der Waals surface area contributed by atoms with Gasteiger partial charge in [0.05, 0.1) is 40.3 Å². The van der Waals surface area contributed by atoms with Gasteiger partial charge in [-0.2, -0.15) is 0 Å². The fraction of sp³-hybridized carbons (Fsp3) is 0.935. The molecule has 9 heteroatoms. The Labute approximate surface area is 339 Å². The van der Waals surface area contributed by atoms with Crippen LogP contribution in [0.4, 0.5) is 0 Å². The maximum Gasteiger partial charge on any atom is 0.306 e. The number of carboxylic acid groups (broad SMARTS) is 1. The monoisotopic (exact) mass is 784 g/mol. The lowest BCUT2D eigenvalue weighted by molar-refractivity contribution is -0.870. The van der Waals surface area contributed by atoms with Crippen molar-refractivity contribution in [1.29, 1.82) is 0 Å². The molecule has 0 heterocycles. The van der Waals surface area contributed by atoms with Gasteiger partial charge in [0.15, 0.2) is 12.4 Å². The molecule has 0 aromatic heterocycles. The fourth-order valence-corrected chi connectivity index (χ4v) is 6.71. The van der Waals surface area contributed by atoms with Crippen LogP contribution in [0.1, 0.15) is 219 Å². The molecule has 0 aliphatic carbocycles. The molecule has 0 N–H and O–H groups in total. The largest absolute Gasteiger partial charge is 0.545 e. The number of aliphatic carboxylic acids is 1. The van der Waals surface area contributed by atoms with Gasteiger partial charge in [0, 0.05) is 12.8 Å². The van der Waals surface area contributed by atoms with E-state index in [1.807, 2.05) is 21.1 Å². The molecule has 9 nitrogen and oxygen atoms in total. The zero-order valence-corrected chi connectivity index (χ0v) is 36.8. The number of esters is 2. The van der Waals surface area contributed by atoms with Crippen LogP contribution < -0.4 is 5.11 Å². The van der Waals surface area contributed by atoms with Crippen molar-refractivity contribution in [3.05, 3.63) is 0 Å². The van der Waals surface area contributed by atoms with Gasteiger partial charge in [0.2, 0.25) is 0 Å². The fourth-order valence-electron chi connectivity index (χ4n) is 6.71. The van der Waals surface area contributed by atoms with Gasteiger partial charge in [-0.15, -0.1) is 0 Å². The quantitative estimate of drug-likeness (QED) is 0.0260. The smallest absolute Gasteiger partial charge is 0.306 e. The summed E-state index contributed by atoms with van der Waals surface area (Å²) in [6.07, 6.45) is 35.9. The van der Waals surface area contributed by atoms with Crippen LogP contribution in [-0.4, -0.2) is 82.3 Å². The molecule has 0 amide bonds. The third-order valence-corrected chi connectivity index (χ3v) is 10.4. The highest BCUT2D eigenvalue weighted by atomic mass is 16.7. The van der Waals surface area contributed by atoms with Crippen LogP contribution in [0.25, 0.3) is 0 Å². The first-order valence-corrected chi connectivity index (χ1v) is 23.2. The standard InChI is InChI=1S/C46H89NO8/c1-6-8-10-12-14-15-16-17-18-19-20-21-22-23-24-25-26-27-28-29-31-33-35-37-44(49)55-42(40-53-43(48)36-34-32-30-13-11-9-7-2)41-54-46(45(50)51)52-39-38-47(3,4)5/h42,46H,6-41H2,1-5H3. The molecule has 0 aliphatic heterocycles. The Balaban J connectivity index is 4.16. The van der Waals surface area contributed by atoms with Gasteiger partial charge < -0.3 is 33.3 Å². The van der Waals surface area contributed by atoms with Gasteiger partial charge in [-0.3, -0.25) is 9.59 Å². The molecule has 0 saturated heterocycles. The maximum atomic E-state index is 12.7. The van der Waals surface area contributed by atoms with Crippen LogP contribution in [0.5, 0.6) is 0 Å². The number of hydrogen-bond acceptors (Lipinski definition) is 8. The van der Waals surface area contributed by atoms with Crippen molar-refractivity contribution in [2.24, 2.45) is 0 Å². The molecule has 0 aliphatic rings. The van der Waals surface area contributed by atoms with Crippen LogP contribution in [0.15, 0.2) is 0 Å². The third-order valence-electron chi connectivity index (χ3n) is 10.4. The molecular formula is C46H89NO8. The average Bonchev–Trinajstić information content (AvgIpc) is 3.14. The molecule has 2 atom stereocenters. The average molecular weight is 784 g/mol. The van der Waals surface area contributed by atoms with Crippen molar-refractivity contribution in [2.75, 3.05) is 47.5 Å². The number of ether oxygens (including phenoxy) is 4. The Morgan fingerprint density at radius 2 is 0.818 bits per heavy atom. The Kier molecular flexibility index (Phi) is 37.9. The molecule has 0 rings (SSSR count). The molecule has 0 aromatic rings. The number of carbonyl (C=O) groups excluding carboxylic acids is 3. The summed E-state index contributed by atoms with van der Waals surface area (Å²) in [6, 6.07) is 0. The van der Waals surface area contributed by atoms with Gasteiger partial charge in [-0.1, -0.05) is 194 Å². The molecule has 326 valence electrons. The van der Waals surface area contributed by atoms with E-state index in [1.165, 1.54) is 154 Å². The van der Waals surface area contributed by atoms with E-state index < -0.39 is 24.3 Å². The zero-order valence-electron chi connectivity index (χ0n) is 36.8. The minimum atomic E-state index is -1.61. The minimum absolute atomic E-state index is 0.152. The first-order chi connectivity index (χ1) is 26.6. The van der Waals surface area contributed by atoms with Crippen molar-refractivity contribution in [3.63, 3.8) is 0 Å². The predicted molar refractivity (Wildman–Crippen MR) is 224 cm³/mol. The number of rotatable bonds is 43. The molecule has 0 radical (unpaired) electrons. The molecule has 55 heavy (non-hydrogen) atoms. The topological polar surface area (TPSA) is 111 Å². The molecule has 2 unspecified atom stereocenters. The number of quaternary nitrogens is 1. The second-order valence-electron chi connectivity index (χ2n) is 17.1. The van der Waals surface area contributed by atoms with Gasteiger partial charge in [-0.05, 0) is 12.8 Å². The first-order valence-electron chi connectivity index (χ1n) is 23.2. The Hall–Kier alpha value is -1.71. The molecule has 0 saturated carbocycles. The van der Waals surface area contributed by atoms with E-state index in [-0.39, 0.29) is 32.2 Å². The van der Waals surface area contributed by atoms with E-state index in [4.69, 9.17) is 18.9 Å². The second-order valence-corrected chi connectivity index (χ2v) is 17.1. The summed E-state index contributed by atoms with van der Waals surface area (Å²) in [4.78, 5) is 36.8. The van der Waals surface area contributed by atoms with Crippen molar-refractivity contribution in [2.45, 2.75) is 232 Å². The van der Waals surface area contributed by atoms with Crippen LogP contribution >= 0.6 is 0 Å². The minimum Gasteiger partial charge on any atom is -0.545 e. The maximum absolute atomic E-state index is 12.7. The molecule has 0 bridgehead atoms. The molecular weight excluding hydrogens is 695 g/mol. The van der Waals surface area contributed by atoms with Crippen molar-refractivity contribution < 1.29 is 42.9 Å². The SMILES string of the molecule is CCCCCCCCCCCCCCCCCCCCCCCCCC(=O)OC(COC(=O)CCCCCCCCC)COC(OCC[N+](C)(C)C)C(=O)[O-]. The van der Waals surface area contributed by atoms with Crippen LogP contribution in [0.3, 0.4) is 0 Å². The molecule has 0 aromatic carbocycles. The molecule has 0 spiro atoms. The number of hydrogen-bond donors (Lipinski definition) is 0. The van der Waals surface area contributed by atoms with Crippen LogP contribution in [0, 0.1) is 0 Å². The van der Waals surface area contributed by atoms with E-state index in [1.54, 1.807) is 0 Å².